The lowest BCUT2D eigenvalue weighted by atomic mass is 10.2. The second-order valence-corrected chi connectivity index (χ2v) is 3.37. The van der Waals surface area contributed by atoms with Crippen LogP contribution in [0.4, 0.5) is 0 Å². The molecule has 0 radical (unpaired) electrons. The van der Waals surface area contributed by atoms with E-state index < -0.39 is 0 Å². The van der Waals surface area contributed by atoms with Crippen LogP contribution in [0, 0.1) is 0 Å². The summed E-state index contributed by atoms with van der Waals surface area (Å²) in [4.78, 5) is 11.1. The Bertz CT molecular complexity index is 418. The average molecular weight is 238 g/mol. The molecule has 0 aliphatic carbocycles. The summed E-state index contributed by atoms with van der Waals surface area (Å²) >= 11 is 0. The Kier molecular flexibility index (Phi) is 4.96. The number of hydrogen-bond acceptors (Lipinski definition) is 5. The van der Waals surface area contributed by atoms with E-state index in [4.69, 9.17) is 10.2 Å². The van der Waals surface area contributed by atoms with Crippen LogP contribution in [0.3, 0.4) is 0 Å². The molecular formula is C11H14N2O4. The molecule has 6 nitrogen and oxygen atoms in total. The van der Waals surface area contributed by atoms with E-state index in [0.717, 1.165) is 0 Å². The molecule has 0 atom stereocenters. The van der Waals surface area contributed by atoms with Gasteiger partial charge < -0.3 is 15.3 Å². The molecule has 0 unspecified atom stereocenters. The number of aliphatic hydroxyl groups excluding tert-OH is 1. The van der Waals surface area contributed by atoms with Crippen LogP contribution in [0.5, 0.6) is 11.5 Å². The minimum absolute atomic E-state index is 0.0387. The first kappa shape index (κ1) is 13.0. The highest BCUT2D eigenvalue weighted by atomic mass is 16.3. The Hall–Kier alpha value is -2.08. The molecule has 0 heterocycles. The zero-order valence-electron chi connectivity index (χ0n) is 9.13. The van der Waals surface area contributed by atoms with Gasteiger partial charge in [-0.25, -0.2) is 5.43 Å². The number of phenols is 2. The van der Waals surface area contributed by atoms with Crippen molar-refractivity contribution < 1.29 is 20.1 Å². The summed E-state index contributed by atoms with van der Waals surface area (Å²) < 4.78 is 0. The first-order chi connectivity index (χ1) is 8.13. The zero-order valence-corrected chi connectivity index (χ0v) is 9.13. The fraction of sp³-hybridized carbons (Fsp3) is 0.273. The van der Waals surface area contributed by atoms with E-state index in [2.05, 4.69) is 10.5 Å². The number of carbonyl (C=O) groups excluding carboxylic acids is 1. The molecule has 0 aliphatic heterocycles. The summed E-state index contributed by atoms with van der Waals surface area (Å²) in [5.41, 5.74) is 2.82. The maximum Gasteiger partial charge on any atom is 0.240 e. The highest BCUT2D eigenvalue weighted by Crippen LogP contribution is 2.23. The molecule has 0 bridgehead atoms. The smallest absolute Gasteiger partial charge is 0.240 e. The molecule has 6 heteroatoms. The summed E-state index contributed by atoms with van der Waals surface area (Å²) in [5, 5.41) is 30.4. The Balaban J connectivity index is 2.48. The maximum atomic E-state index is 11.1. The molecule has 17 heavy (non-hydrogen) atoms. The quantitative estimate of drug-likeness (QED) is 0.337. The fourth-order valence-electron chi connectivity index (χ4n) is 1.10. The maximum absolute atomic E-state index is 11.1. The van der Waals surface area contributed by atoms with Gasteiger partial charge in [0.2, 0.25) is 5.91 Å². The summed E-state index contributed by atoms with van der Waals surface area (Å²) in [5.74, 6) is -0.756. The predicted molar refractivity (Wildman–Crippen MR) is 61.8 cm³/mol. The molecule has 1 rings (SSSR count). The molecule has 1 aromatic carbocycles. The summed E-state index contributed by atoms with van der Waals surface area (Å²) in [6.07, 6.45) is 1.94. The van der Waals surface area contributed by atoms with Crippen molar-refractivity contribution in [2.45, 2.75) is 12.8 Å². The molecule has 0 saturated heterocycles. The number of hydrazone groups is 1. The highest BCUT2D eigenvalue weighted by molar-refractivity contribution is 5.83. The Labute approximate surface area is 98.2 Å². The van der Waals surface area contributed by atoms with Crippen LogP contribution < -0.4 is 5.43 Å². The number of amides is 1. The average Bonchev–Trinajstić information content (AvgIpc) is 2.31. The largest absolute Gasteiger partial charge is 0.504 e. The molecule has 1 amide bonds. The SMILES string of the molecule is O=C(CCCO)N/N=C/c1ccc(O)c(O)c1. The minimum atomic E-state index is -0.293. The van der Waals surface area contributed by atoms with Gasteiger partial charge in [0.25, 0.3) is 0 Å². The van der Waals surface area contributed by atoms with E-state index in [1.165, 1.54) is 18.3 Å². The molecule has 0 fully saturated rings. The number of phenolic OH excluding ortho intramolecular Hbond substituents is 2. The molecule has 4 N–H and O–H groups in total. The number of benzene rings is 1. The van der Waals surface area contributed by atoms with E-state index >= 15 is 0 Å². The number of carbonyl (C=O) groups is 1. The van der Waals surface area contributed by atoms with Crippen molar-refractivity contribution >= 4 is 12.1 Å². The van der Waals surface area contributed by atoms with Crippen molar-refractivity contribution in [3.63, 3.8) is 0 Å². The summed E-state index contributed by atoms with van der Waals surface area (Å²) in [7, 11) is 0. The molecule has 0 aromatic heterocycles. The van der Waals surface area contributed by atoms with Crippen molar-refractivity contribution in [2.24, 2.45) is 5.10 Å². The number of aliphatic hydroxyl groups is 1. The summed E-state index contributed by atoms with van der Waals surface area (Å²) in [6.45, 7) is -0.0387. The van der Waals surface area contributed by atoms with E-state index in [1.807, 2.05) is 0 Å². The normalized spacial score (nSPS) is 10.6. The van der Waals surface area contributed by atoms with E-state index in [9.17, 15) is 9.90 Å². The third-order valence-corrected chi connectivity index (χ3v) is 1.96. The Morgan fingerprint density at radius 1 is 1.35 bits per heavy atom. The van der Waals surface area contributed by atoms with Crippen LogP contribution in [-0.4, -0.2) is 34.0 Å². The zero-order chi connectivity index (χ0) is 12.7. The van der Waals surface area contributed by atoms with Gasteiger partial charge in [0.1, 0.15) is 0 Å². The number of aromatic hydroxyl groups is 2. The second kappa shape index (κ2) is 6.49. The van der Waals surface area contributed by atoms with Gasteiger partial charge in [-0.05, 0) is 30.2 Å². The van der Waals surface area contributed by atoms with Crippen LogP contribution in [0.15, 0.2) is 23.3 Å². The lowest BCUT2D eigenvalue weighted by molar-refractivity contribution is -0.121. The van der Waals surface area contributed by atoms with Gasteiger partial charge in [-0.2, -0.15) is 5.10 Å². The van der Waals surface area contributed by atoms with E-state index in [1.54, 1.807) is 6.07 Å². The lowest BCUT2D eigenvalue weighted by Crippen LogP contribution is -2.17. The molecule has 1 aromatic rings. The predicted octanol–water partition coefficient (Wildman–Crippen LogP) is 0.320. The number of nitrogens with one attached hydrogen (secondary N) is 1. The van der Waals surface area contributed by atoms with Gasteiger partial charge in [-0.3, -0.25) is 4.79 Å². The standard InChI is InChI=1S/C11H14N2O4/c14-5-1-2-11(17)13-12-7-8-3-4-9(15)10(16)6-8/h3-4,6-7,14-16H,1-2,5H2,(H,13,17)/b12-7+. The monoisotopic (exact) mass is 238 g/mol. The molecule has 0 spiro atoms. The molecular weight excluding hydrogens is 224 g/mol. The van der Waals surface area contributed by atoms with Gasteiger partial charge in [0, 0.05) is 13.0 Å². The van der Waals surface area contributed by atoms with Gasteiger partial charge >= 0.3 is 0 Å². The molecule has 92 valence electrons. The van der Waals surface area contributed by atoms with Crippen LogP contribution in [0.25, 0.3) is 0 Å². The summed E-state index contributed by atoms with van der Waals surface area (Å²) in [6, 6.07) is 4.18. The van der Waals surface area contributed by atoms with Gasteiger partial charge in [-0.1, -0.05) is 0 Å². The van der Waals surface area contributed by atoms with Crippen LogP contribution >= 0.6 is 0 Å². The van der Waals surface area contributed by atoms with Gasteiger partial charge in [0.05, 0.1) is 6.21 Å². The second-order valence-electron chi connectivity index (χ2n) is 3.37. The van der Waals surface area contributed by atoms with Crippen LogP contribution in [-0.2, 0) is 4.79 Å². The van der Waals surface area contributed by atoms with Gasteiger partial charge in [0.15, 0.2) is 11.5 Å². The first-order valence-corrected chi connectivity index (χ1v) is 5.08. The van der Waals surface area contributed by atoms with Crippen LogP contribution in [0.1, 0.15) is 18.4 Å². The van der Waals surface area contributed by atoms with Crippen molar-refractivity contribution in [1.82, 2.24) is 5.43 Å². The fourth-order valence-corrected chi connectivity index (χ4v) is 1.10. The van der Waals surface area contributed by atoms with E-state index in [0.29, 0.717) is 12.0 Å². The Morgan fingerprint density at radius 3 is 2.76 bits per heavy atom. The number of hydrogen-bond donors (Lipinski definition) is 4. The first-order valence-electron chi connectivity index (χ1n) is 5.08. The highest BCUT2D eigenvalue weighted by Gasteiger charge is 1.99. The third-order valence-electron chi connectivity index (χ3n) is 1.96. The van der Waals surface area contributed by atoms with E-state index in [-0.39, 0.29) is 30.4 Å². The lowest BCUT2D eigenvalue weighted by Gasteiger charge is -1.99. The van der Waals surface area contributed by atoms with Crippen molar-refractivity contribution in [3.05, 3.63) is 23.8 Å². The van der Waals surface area contributed by atoms with Crippen molar-refractivity contribution in [2.75, 3.05) is 6.61 Å². The topological polar surface area (TPSA) is 102 Å². The molecule has 0 saturated carbocycles. The van der Waals surface area contributed by atoms with Gasteiger partial charge in [-0.15, -0.1) is 0 Å². The Morgan fingerprint density at radius 2 is 2.12 bits per heavy atom. The third kappa shape index (κ3) is 4.52. The van der Waals surface area contributed by atoms with Crippen molar-refractivity contribution in [3.8, 4) is 11.5 Å². The minimum Gasteiger partial charge on any atom is -0.504 e. The number of nitrogens with zero attached hydrogens (tertiary/aromatic N) is 1. The molecule has 0 aliphatic rings. The van der Waals surface area contributed by atoms with Crippen molar-refractivity contribution in [1.29, 1.82) is 0 Å². The van der Waals surface area contributed by atoms with Crippen LogP contribution in [0.2, 0.25) is 0 Å². The number of rotatable bonds is 5.